The van der Waals surface area contributed by atoms with Crippen LogP contribution in [0.5, 0.6) is 11.5 Å². The largest absolute Gasteiger partial charge is 0.457 e. The number of halogens is 3. The number of rotatable bonds is 4. The second kappa shape index (κ2) is 6.72. The first-order chi connectivity index (χ1) is 11.8. The van der Waals surface area contributed by atoms with Gasteiger partial charge in [-0.25, -0.2) is 8.78 Å². The van der Waals surface area contributed by atoms with Gasteiger partial charge in [-0.1, -0.05) is 22.0 Å². The Hall–Kier alpha value is -1.99. The lowest BCUT2D eigenvalue weighted by molar-refractivity contribution is -0.122. The lowest BCUT2D eigenvalue weighted by atomic mass is 9.98. The van der Waals surface area contributed by atoms with Crippen molar-refractivity contribution in [1.29, 1.82) is 0 Å². The molecule has 1 aliphatic heterocycles. The maximum absolute atomic E-state index is 13.4. The molecular formula is C18H17BrF2N2O2. The fraction of sp³-hybridized carbons (Fsp3) is 0.278. The molecule has 0 radical (unpaired) electrons. The lowest BCUT2D eigenvalue weighted by Crippen LogP contribution is -2.48. The van der Waals surface area contributed by atoms with E-state index < -0.39 is 30.3 Å². The molecule has 3 rings (SSSR count). The van der Waals surface area contributed by atoms with Crippen LogP contribution in [0.4, 0.5) is 14.5 Å². The van der Waals surface area contributed by atoms with Gasteiger partial charge in [0.2, 0.25) is 5.91 Å². The zero-order valence-corrected chi connectivity index (χ0v) is 15.1. The van der Waals surface area contributed by atoms with Crippen LogP contribution in [-0.4, -0.2) is 23.9 Å². The molecule has 1 saturated heterocycles. The van der Waals surface area contributed by atoms with Gasteiger partial charge in [0.25, 0.3) is 5.92 Å². The molecule has 0 bridgehead atoms. The molecule has 2 N–H and O–H groups in total. The quantitative estimate of drug-likeness (QED) is 0.775. The van der Waals surface area contributed by atoms with Crippen LogP contribution < -0.4 is 15.4 Å². The minimum absolute atomic E-state index is 0.484. The number of hydrogen-bond donors (Lipinski definition) is 2. The minimum Gasteiger partial charge on any atom is -0.457 e. The highest BCUT2D eigenvalue weighted by Crippen LogP contribution is 2.33. The van der Waals surface area contributed by atoms with Crippen molar-refractivity contribution in [2.75, 3.05) is 11.9 Å². The van der Waals surface area contributed by atoms with Crippen molar-refractivity contribution in [3.05, 3.63) is 53.0 Å². The number of hydrogen-bond acceptors (Lipinski definition) is 3. The third-order valence-electron chi connectivity index (χ3n) is 3.99. The van der Waals surface area contributed by atoms with Crippen LogP contribution in [0.25, 0.3) is 0 Å². The van der Waals surface area contributed by atoms with Crippen LogP contribution in [0.3, 0.4) is 0 Å². The third kappa shape index (κ3) is 4.35. The number of carbonyl (C=O) groups excluding carboxylic acids is 1. The van der Waals surface area contributed by atoms with Gasteiger partial charge in [-0.05, 0) is 43.3 Å². The summed E-state index contributed by atoms with van der Waals surface area (Å²) in [5, 5.41) is 5.28. The standard InChI is InChI=1S/C18H17BrF2N2O2/c1-17(10-18(20,21)11-22-17)16(24)23-13-3-2-4-15(9-13)25-14-7-5-12(19)6-8-14/h2-9,22H,10-11H2,1H3,(H,23,24). The average molecular weight is 411 g/mol. The first-order valence-corrected chi connectivity index (χ1v) is 8.53. The van der Waals surface area contributed by atoms with Crippen LogP contribution in [0, 0.1) is 0 Å². The summed E-state index contributed by atoms with van der Waals surface area (Å²) in [6, 6.07) is 14.1. The lowest BCUT2D eigenvalue weighted by Gasteiger charge is -2.23. The van der Waals surface area contributed by atoms with Gasteiger partial charge in [0.1, 0.15) is 17.0 Å². The van der Waals surface area contributed by atoms with E-state index in [1.54, 1.807) is 36.4 Å². The summed E-state index contributed by atoms with van der Waals surface area (Å²) < 4.78 is 33.5. The van der Waals surface area contributed by atoms with Crippen LogP contribution in [0.2, 0.25) is 0 Å². The average Bonchev–Trinajstić information content (AvgIpc) is 2.85. The van der Waals surface area contributed by atoms with Gasteiger partial charge < -0.3 is 10.1 Å². The van der Waals surface area contributed by atoms with Crippen LogP contribution in [-0.2, 0) is 4.79 Å². The van der Waals surface area contributed by atoms with Gasteiger partial charge >= 0.3 is 0 Å². The van der Waals surface area contributed by atoms with E-state index >= 15 is 0 Å². The van der Waals surface area contributed by atoms with Gasteiger partial charge in [0.15, 0.2) is 0 Å². The molecule has 25 heavy (non-hydrogen) atoms. The van der Waals surface area contributed by atoms with Gasteiger partial charge in [-0.15, -0.1) is 0 Å². The maximum atomic E-state index is 13.4. The molecule has 0 spiro atoms. The number of alkyl halides is 2. The fourth-order valence-electron chi connectivity index (χ4n) is 2.67. The predicted molar refractivity (Wildman–Crippen MR) is 95.3 cm³/mol. The molecule has 1 atom stereocenters. The number of anilines is 1. The van der Waals surface area contributed by atoms with Crippen molar-refractivity contribution in [1.82, 2.24) is 5.32 Å². The van der Waals surface area contributed by atoms with E-state index in [0.717, 1.165) is 4.47 Å². The number of benzene rings is 2. The monoisotopic (exact) mass is 410 g/mol. The van der Waals surface area contributed by atoms with Crippen LogP contribution in [0.15, 0.2) is 53.0 Å². The first-order valence-electron chi connectivity index (χ1n) is 7.74. The van der Waals surface area contributed by atoms with E-state index in [-0.39, 0.29) is 0 Å². The van der Waals surface area contributed by atoms with Gasteiger partial charge in [0, 0.05) is 22.6 Å². The SMILES string of the molecule is CC1(C(=O)Nc2cccc(Oc3ccc(Br)cc3)c2)CC(F)(F)CN1. The molecule has 1 amide bonds. The summed E-state index contributed by atoms with van der Waals surface area (Å²) in [6.45, 7) is 0.981. The zero-order chi connectivity index (χ0) is 18.1. The van der Waals surface area contributed by atoms with Crippen molar-refractivity contribution in [2.24, 2.45) is 0 Å². The summed E-state index contributed by atoms with van der Waals surface area (Å²) in [7, 11) is 0. The first kappa shape index (κ1) is 17.8. The predicted octanol–water partition coefficient (Wildman–Crippen LogP) is 4.57. The molecule has 1 fully saturated rings. The van der Waals surface area contributed by atoms with E-state index in [1.807, 2.05) is 12.1 Å². The summed E-state index contributed by atoms with van der Waals surface area (Å²) in [5.74, 6) is -2.19. The summed E-state index contributed by atoms with van der Waals surface area (Å²) in [5.41, 5.74) is -0.815. The van der Waals surface area contributed by atoms with Crippen molar-refractivity contribution in [2.45, 2.75) is 24.8 Å². The summed E-state index contributed by atoms with van der Waals surface area (Å²) in [4.78, 5) is 12.4. The Bertz CT molecular complexity index is 783. The Morgan fingerprint density at radius 3 is 2.56 bits per heavy atom. The van der Waals surface area contributed by atoms with Crippen LogP contribution in [0.1, 0.15) is 13.3 Å². The molecule has 0 aromatic heterocycles. The minimum atomic E-state index is -2.88. The molecule has 2 aromatic carbocycles. The highest BCUT2D eigenvalue weighted by Gasteiger charge is 2.50. The Kier molecular flexibility index (Phi) is 4.79. The molecule has 7 heteroatoms. The van der Waals surface area contributed by atoms with Crippen LogP contribution >= 0.6 is 15.9 Å². The summed E-state index contributed by atoms with van der Waals surface area (Å²) >= 11 is 3.35. The highest BCUT2D eigenvalue weighted by atomic mass is 79.9. The van der Waals surface area contributed by atoms with Gasteiger partial charge in [-0.3, -0.25) is 10.1 Å². The van der Waals surface area contributed by atoms with Gasteiger partial charge in [0.05, 0.1) is 6.54 Å². The molecule has 2 aromatic rings. The molecule has 1 heterocycles. The Morgan fingerprint density at radius 1 is 1.20 bits per heavy atom. The van der Waals surface area contributed by atoms with E-state index in [4.69, 9.17) is 4.74 Å². The number of carbonyl (C=O) groups is 1. The zero-order valence-electron chi connectivity index (χ0n) is 13.5. The molecule has 1 unspecified atom stereocenters. The van der Waals surface area contributed by atoms with Crippen molar-refractivity contribution in [3.63, 3.8) is 0 Å². The summed E-state index contributed by atoms with van der Waals surface area (Å²) in [6.07, 6.45) is -0.527. The molecule has 132 valence electrons. The van der Waals surface area contributed by atoms with Gasteiger partial charge in [-0.2, -0.15) is 0 Å². The molecule has 1 aliphatic rings. The number of amides is 1. The molecule has 0 aliphatic carbocycles. The Balaban J connectivity index is 1.69. The Labute approximate surface area is 152 Å². The second-order valence-electron chi connectivity index (χ2n) is 6.26. The number of ether oxygens (including phenoxy) is 1. The van der Waals surface area contributed by atoms with E-state index in [9.17, 15) is 13.6 Å². The topological polar surface area (TPSA) is 50.4 Å². The van der Waals surface area contributed by atoms with Crippen molar-refractivity contribution < 1.29 is 18.3 Å². The second-order valence-corrected chi connectivity index (χ2v) is 7.17. The van der Waals surface area contributed by atoms with Crippen molar-refractivity contribution >= 4 is 27.5 Å². The fourth-order valence-corrected chi connectivity index (χ4v) is 2.94. The smallest absolute Gasteiger partial charge is 0.262 e. The highest BCUT2D eigenvalue weighted by molar-refractivity contribution is 9.10. The molecule has 4 nitrogen and oxygen atoms in total. The number of nitrogens with one attached hydrogen (secondary N) is 2. The normalized spacial score (nSPS) is 21.8. The van der Waals surface area contributed by atoms with E-state index in [1.165, 1.54) is 6.92 Å². The van der Waals surface area contributed by atoms with E-state index in [2.05, 4.69) is 26.6 Å². The maximum Gasteiger partial charge on any atom is 0.262 e. The molecular weight excluding hydrogens is 394 g/mol. The Morgan fingerprint density at radius 2 is 1.92 bits per heavy atom. The molecule has 0 saturated carbocycles. The van der Waals surface area contributed by atoms with Crippen molar-refractivity contribution in [3.8, 4) is 11.5 Å². The van der Waals surface area contributed by atoms with E-state index in [0.29, 0.717) is 17.2 Å². The third-order valence-corrected chi connectivity index (χ3v) is 4.52.